The second-order valence-electron chi connectivity index (χ2n) is 2.88. The zero-order valence-corrected chi connectivity index (χ0v) is 8.61. The third-order valence-electron chi connectivity index (χ3n) is 1.72. The smallest absolute Gasteiger partial charge is 0.270 e. The summed E-state index contributed by atoms with van der Waals surface area (Å²) < 4.78 is 0. The third kappa shape index (κ3) is 3.47. The number of aliphatic hydroxyl groups is 2. The number of aliphatic hydroxyl groups excluding tert-OH is 2. The lowest BCUT2D eigenvalue weighted by Gasteiger charge is -2.12. The standard InChI is InChI=1S/C9H11ClN2O3/c10-8-3-1-2-7(12-8)9(15)11-6(4-13)5-14/h1-3,6,13-14H,4-5H2,(H,11,15). The zero-order chi connectivity index (χ0) is 11.3. The summed E-state index contributed by atoms with van der Waals surface area (Å²) in [6.07, 6.45) is 0. The van der Waals surface area contributed by atoms with Crippen LogP contribution in [0.1, 0.15) is 10.5 Å². The molecule has 1 amide bonds. The lowest BCUT2D eigenvalue weighted by molar-refractivity contribution is 0.0874. The van der Waals surface area contributed by atoms with Crippen LogP contribution in [0.4, 0.5) is 0 Å². The van der Waals surface area contributed by atoms with Gasteiger partial charge in [0.25, 0.3) is 5.91 Å². The van der Waals surface area contributed by atoms with Crippen molar-refractivity contribution >= 4 is 17.5 Å². The number of nitrogens with zero attached hydrogens (tertiary/aromatic N) is 1. The first-order valence-electron chi connectivity index (χ1n) is 4.32. The maximum Gasteiger partial charge on any atom is 0.270 e. The number of halogens is 1. The van der Waals surface area contributed by atoms with Gasteiger partial charge in [-0.1, -0.05) is 17.7 Å². The fourth-order valence-electron chi connectivity index (χ4n) is 0.943. The highest BCUT2D eigenvalue weighted by molar-refractivity contribution is 6.29. The van der Waals surface area contributed by atoms with Gasteiger partial charge in [-0.15, -0.1) is 0 Å². The highest BCUT2D eigenvalue weighted by atomic mass is 35.5. The molecule has 0 unspecified atom stereocenters. The second-order valence-corrected chi connectivity index (χ2v) is 3.27. The molecular weight excluding hydrogens is 220 g/mol. The summed E-state index contributed by atoms with van der Waals surface area (Å²) in [5.74, 6) is -0.481. The van der Waals surface area contributed by atoms with Crippen LogP contribution in [0.3, 0.4) is 0 Å². The van der Waals surface area contributed by atoms with Gasteiger partial charge in [0, 0.05) is 0 Å². The van der Waals surface area contributed by atoms with Gasteiger partial charge in [-0.05, 0) is 12.1 Å². The first-order valence-corrected chi connectivity index (χ1v) is 4.70. The molecule has 0 saturated carbocycles. The maximum atomic E-state index is 11.5. The van der Waals surface area contributed by atoms with Crippen molar-refractivity contribution in [1.82, 2.24) is 10.3 Å². The molecule has 0 radical (unpaired) electrons. The molecule has 1 aromatic rings. The Morgan fingerprint density at radius 3 is 2.67 bits per heavy atom. The van der Waals surface area contributed by atoms with Gasteiger partial charge >= 0.3 is 0 Å². The van der Waals surface area contributed by atoms with E-state index in [2.05, 4.69) is 10.3 Å². The van der Waals surface area contributed by atoms with Crippen LogP contribution in [0, 0.1) is 0 Å². The molecule has 1 rings (SSSR count). The van der Waals surface area contributed by atoms with Gasteiger partial charge in [0.2, 0.25) is 0 Å². The molecule has 0 aliphatic rings. The summed E-state index contributed by atoms with van der Waals surface area (Å²) in [6, 6.07) is 3.95. The van der Waals surface area contributed by atoms with Gasteiger partial charge in [-0.3, -0.25) is 4.79 Å². The first-order chi connectivity index (χ1) is 7.17. The zero-order valence-electron chi connectivity index (χ0n) is 7.85. The average molecular weight is 231 g/mol. The monoisotopic (exact) mass is 230 g/mol. The number of carbonyl (C=O) groups is 1. The van der Waals surface area contributed by atoms with Crippen molar-refractivity contribution in [3.8, 4) is 0 Å². The summed E-state index contributed by atoms with van der Waals surface area (Å²) in [5.41, 5.74) is 0.148. The van der Waals surface area contributed by atoms with Crippen LogP contribution < -0.4 is 5.32 Å². The molecule has 0 aromatic carbocycles. The van der Waals surface area contributed by atoms with Crippen LogP contribution >= 0.6 is 11.6 Å². The van der Waals surface area contributed by atoms with Crippen molar-refractivity contribution in [2.24, 2.45) is 0 Å². The fourth-order valence-corrected chi connectivity index (χ4v) is 1.11. The van der Waals surface area contributed by atoms with E-state index >= 15 is 0 Å². The Kier molecular flexibility index (Phi) is 4.48. The molecule has 6 heteroatoms. The molecule has 1 aromatic heterocycles. The first kappa shape index (κ1) is 11.9. The van der Waals surface area contributed by atoms with Crippen molar-refractivity contribution in [2.45, 2.75) is 6.04 Å². The SMILES string of the molecule is O=C(NC(CO)CO)c1cccc(Cl)n1. The lowest BCUT2D eigenvalue weighted by atomic mass is 10.3. The molecule has 0 fully saturated rings. The van der Waals surface area contributed by atoms with Gasteiger partial charge in [0.1, 0.15) is 10.8 Å². The molecule has 0 aliphatic heterocycles. The molecule has 0 saturated heterocycles. The topological polar surface area (TPSA) is 82.5 Å². The Bertz CT molecular complexity index is 342. The van der Waals surface area contributed by atoms with E-state index in [0.29, 0.717) is 0 Å². The van der Waals surface area contributed by atoms with Crippen molar-refractivity contribution in [2.75, 3.05) is 13.2 Å². The van der Waals surface area contributed by atoms with Gasteiger partial charge in [0.05, 0.1) is 19.3 Å². The van der Waals surface area contributed by atoms with E-state index in [1.165, 1.54) is 6.07 Å². The van der Waals surface area contributed by atoms with Crippen LogP contribution in [-0.2, 0) is 0 Å². The van der Waals surface area contributed by atoms with E-state index in [1.54, 1.807) is 12.1 Å². The minimum atomic E-state index is -0.682. The Hall–Kier alpha value is -1.17. The van der Waals surface area contributed by atoms with Crippen molar-refractivity contribution < 1.29 is 15.0 Å². The van der Waals surface area contributed by atoms with Gasteiger partial charge in [-0.25, -0.2) is 4.98 Å². The van der Waals surface area contributed by atoms with Crippen molar-refractivity contribution in [1.29, 1.82) is 0 Å². The molecule has 0 atom stereocenters. The minimum Gasteiger partial charge on any atom is -0.394 e. The predicted molar refractivity (Wildman–Crippen MR) is 54.7 cm³/mol. The average Bonchev–Trinajstić information content (AvgIpc) is 2.25. The lowest BCUT2D eigenvalue weighted by Crippen LogP contribution is -2.40. The number of amides is 1. The summed E-state index contributed by atoms with van der Waals surface area (Å²) in [6.45, 7) is -0.661. The second kappa shape index (κ2) is 5.65. The van der Waals surface area contributed by atoms with Crippen LogP contribution in [0.25, 0.3) is 0 Å². The Morgan fingerprint density at radius 2 is 2.13 bits per heavy atom. The molecule has 0 aliphatic carbocycles. The van der Waals surface area contributed by atoms with Crippen LogP contribution in [0.5, 0.6) is 0 Å². The predicted octanol–water partition coefficient (Wildman–Crippen LogP) is -0.182. The molecule has 1 heterocycles. The van der Waals surface area contributed by atoms with E-state index in [9.17, 15) is 4.79 Å². The Morgan fingerprint density at radius 1 is 1.47 bits per heavy atom. The van der Waals surface area contributed by atoms with Gasteiger partial charge in [0.15, 0.2) is 0 Å². The van der Waals surface area contributed by atoms with Crippen LogP contribution in [0.2, 0.25) is 5.15 Å². The third-order valence-corrected chi connectivity index (χ3v) is 1.93. The van der Waals surface area contributed by atoms with E-state index in [-0.39, 0.29) is 24.1 Å². The minimum absolute atomic E-state index is 0.148. The molecule has 82 valence electrons. The number of hydrogen-bond acceptors (Lipinski definition) is 4. The number of pyridine rings is 1. The van der Waals surface area contributed by atoms with Crippen LogP contribution in [0.15, 0.2) is 18.2 Å². The van der Waals surface area contributed by atoms with E-state index in [1.807, 2.05) is 0 Å². The van der Waals surface area contributed by atoms with Crippen LogP contribution in [-0.4, -0.2) is 40.4 Å². The number of aromatic nitrogens is 1. The Balaban J connectivity index is 2.68. The van der Waals surface area contributed by atoms with Crippen molar-refractivity contribution in [3.63, 3.8) is 0 Å². The van der Waals surface area contributed by atoms with E-state index in [4.69, 9.17) is 21.8 Å². The molecule has 15 heavy (non-hydrogen) atoms. The quantitative estimate of drug-likeness (QED) is 0.627. The molecular formula is C9H11ClN2O3. The largest absolute Gasteiger partial charge is 0.394 e. The van der Waals surface area contributed by atoms with Crippen molar-refractivity contribution in [3.05, 3.63) is 29.0 Å². The molecule has 0 bridgehead atoms. The highest BCUT2D eigenvalue weighted by Gasteiger charge is 2.12. The normalized spacial score (nSPS) is 10.4. The Labute approximate surface area is 91.7 Å². The van der Waals surface area contributed by atoms with Gasteiger partial charge < -0.3 is 15.5 Å². The maximum absolute atomic E-state index is 11.5. The number of carbonyl (C=O) groups excluding carboxylic acids is 1. The molecule has 5 nitrogen and oxygen atoms in total. The van der Waals surface area contributed by atoms with E-state index < -0.39 is 11.9 Å². The summed E-state index contributed by atoms with van der Waals surface area (Å²) >= 11 is 5.60. The van der Waals surface area contributed by atoms with E-state index in [0.717, 1.165) is 0 Å². The number of hydrogen-bond donors (Lipinski definition) is 3. The molecule has 3 N–H and O–H groups in total. The number of nitrogens with one attached hydrogen (secondary N) is 1. The fraction of sp³-hybridized carbons (Fsp3) is 0.333. The number of rotatable bonds is 4. The summed E-state index contributed by atoms with van der Waals surface area (Å²) in [7, 11) is 0. The van der Waals surface area contributed by atoms with Gasteiger partial charge in [-0.2, -0.15) is 0 Å². The molecule has 0 spiro atoms. The summed E-state index contributed by atoms with van der Waals surface area (Å²) in [4.78, 5) is 15.3. The summed E-state index contributed by atoms with van der Waals surface area (Å²) in [5, 5.41) is 20.1. The highest BCUT2D eigenvalue weighted by Crippen LogP contribution is 2.04.